The first kappa shape index (κ1) is 15.1. The predicted octanol–water partition coefficient (Wildman–Crippen LogP) is 1.37. The Morgan fingerprint density at radius 3 is 2.50 bits per heavy atom. The second kappa shape index (κ2) is 6.26. The van der Waals surface area contributed by atoms with Crippen molar-refractivity contribution in [3.8, 4) is 0 Å². The molecule has 0 saturated carbocycles. The minimum atomic E-state index is -1.64. The molecule has 6 heteroatoms. The summed E-state index contributed by atoms with van der Waals surface area (Å²) >= 11 is 2.99. The Morgan fingerprint density at radius 2 is 2.06 bits per heavy atom. The lowest BCUT2D eigenvalue weighted by atomic mass is 9.82. The van der Waals surface area contributed by atoms with Crippen LogP contribution in [0.5, 0.6) is 0 Å². The molecule has 0 bridgehead atoms. The molecule has 100 valence electrons. The molecule has 0 spiro atoms. The average molecular weight is 321 g/mol. The Balaban J connectivity index is 3.25. The van der Waals surface area contributed by atoms with Crippen LogP contribution in [-0.4, -0.2) is 36.0 Å². The molecule has 0 aromatic heterocycles. The lowest BCUT2D eigenvalue weighted by Gasteiger charge is -2.27. The van der Waals surface area contributed by atoms with E-state index < -0.39 is 30.4 Å². The van der Waals surface area contributed by atoms with Gasteiger partial charge in [0.15, 0.2) is 0 Å². The number of halogens is 2. The zero-order valence-corrected chi connectivity index (χ0v) is 11.4. The van der Waals surface area contributed by atoms with Gasteiger partial charge in [-0.15, -0.1) is 0 Å². The largest absolute Gasteiger partial charge is 0.465 e. The highest BCUT2D eigenvalue weighted by atomic mass is 79.9. The van der Waals surface area contributed by atoms with E-state index in [2.05, 4.69) is 15.9 Å². The summed E-state index contributed by atoms with van der Waals surface area (Å²) in [6, 6.07) is 3.95. The van der Waals surface area contributed by atoms with Crippen LogP contribution >= 0.6 is 15.9 Å². The molecule has 0 aliphatic heterocycles. The van der Waals surface area contributed by atoms with Gasteiger partial charge in [0, 0.05) is 0 Å². The van der Waals surface area contributed by atoms with Gasteiger partial charge in [-0.3, -0.25) is 4.79 Å². The Labute approximate surface area is 113 Å². The fourth-order valence-corrected chi connectivity index (χ4v) is 1.79. The quantitative estimate of drug-likeness (QED) is 0.804. The Kier molecular flexibility index (Phi) is 5.25. The van der Waals surface area contributed by atoms with Gasteiger partial charge in [0.1, 0.15) is 11.2 Å². The highest BCUT2D eigenvalue weighted by molar-refractivity contribution is 9.10. The van der Waals surface area contributed by atoms with E-state index in [-0.39, 0.29) is 16.6 Å². The molecule has 0 aliphatic rings. The molecule has 0 fully saturated rings. The van der Waals surface area contributed by atoms with Crippen molar-refractivity contribution in [1.82, 2.24) is 0 Å². The van der Waals surface area contributed by atoms with Crippen LogP contribution in [-0.2, 0) is 14.9 Å². The number of rotatable bonds is 5. The van der Waals surface area contributed by atoms with Crippen LogP contribution < -0.4 is 0 Å². The van der Waals surface area contributed by atoms with Crippen LogP contribution in [0, 0.1) is 5.82 Å². The van der Waals surface area contributed by atoms with Gasteiger partial charge in [0.05, 0.1) is 24.3 Å². The van der Waals surface area contributed by atoms with E-state index in [1.807, 2.05) is 0 Å². The molecule has 18 heavy (non-hydrogen) atoms. The molecule has 0 atom stereocenters. The first-order valence-electron chi connectivity index (χ1n) is 5.36. The van der Waals surface area contributed by atoms with Gasteiger partial charge in [-0.2, -0.15) is 0 Å². The maximum Gasteiger partial charge on any atom is 0.321 e. The third-order valence-corrected chi connectivity index (χ3v) is 3.32. The molecule has 1 rings (SSSR count). The zero-order valence-electron chi connectivity index (χ0n) is 9.82. The summed E-state index contributed by atoms with van der Waals surface area (Å²) in [5, 5.41) is 18.8. The minimum absolute atomic E-state index is 0.111. The van der Waals surface area contributed by atoms with Gasteiger partial charge >= 0.3 is 5.97 Å². The van der Waals surface area contributed by atoms with Crippen molar-refractivity contribution in [2.24, 2.45) is 0 Å². The van der Waals surface area contributed by atoms with E-state index in [0.717, 1.165) is 6.07 Å². The predicted molar refractivity (Wildman–Crippen MR) is 66.6 cm³/mol. The number of hydrogen-bond acceptors (Lipinski definition) is 4. The molecule has 1 aromatic rings. The fraction of sp³-hybridized carbons (Fsp3) is 0.417. The molecular weight excluding hydrogens is 307 g/mol. The number of benzene rings is 1. The molecule has 0 heterocycles. The third kappa shape index (κ3) is 2.71. The number of carbonyl (C=O) groups excluding carboxylic acids is 1. The van der Waals surface area contributed by atoms with E-state index in [1.54, 1.807) is 6.92 Å². The van der Waals surface area contributed by atoms with Crippen molar-refractivity contribution in [3.63, 3.8) is 0 Å². The van der Waals surface area contributed by atoms with Crippen LogP contribution in [0.1, 0.15) is 12.5 Å². The summed E-state index contributed by atoms with van der Waals surface area (Å²) in [6.07, 6.45) is 0. The third-order valence-electron chi connectivity index (χ3n) is 2.68. The number of aliphatic hydroxyl groups is 2. The summed E-state index contributed by atoms with van der Waals surface area (Å²) in [7, 11) is 0. The lowest BCUT2D eigenvalue weighted by molar-refractivity contribution is -0.154. The molecule has 1 aromatic carbocycles. The summed E-state index contributed by atoms with van der Waals surface area (Å²) in [5.74, 6) is -1.36. The monoisotopic (exact) mass is 320 g/mol. The van der Waals surface area contributed by atoms with E-state index in [4.69, 9.17) is 4.74 Å². The van der Waals surface area contributed by atoms with Gasteiger partial charge in [-0.25, -0.2) is 4.39 Å². The maximum absolute atomic E-state index is 13.5. The van der Waals surface area contributed by atoms with Crippen molar-refractivity contribution >= 4 is 21.9 Å². The zero-order chi connectivity index (χ0) is 13.8. The number of ether oxygens (including phenoxy) is 1. The fourth-order valence-electron chi connectivity index (χ4n) is 1.54. The molecule has 0 aliphatic carbocycles. The smallest absolute Gasteiger partial charge is 0.321 e. The van der Waals surface area contributed by atoms with Crippen LogP contribution in [0.3, 0.4) is 0 Å². The molecule has 4 nitrogen and oxygen atoms in total. The first-order chi connectivity index (χ1) is 8.51. The number of hydrogen-bond donors (Lipinski definition) is 2. The molecule has 0 unspecified atom stereocenters. The summed E-state index contributed by atoms with van der Waals surface area (Å²) in [6.45, 7) is 0.395. The van der Waals surface area contributed by atoms with E-state index in [9.17, 15) is 19.4 Å². The second-order valence-electron chi connectivity index (χ2n) is 3.75. The SMILES string of the molecule is CCOC(=O)C(CO)(CO)c1ccc(Br)c(F)c1. The van der Waals surface area contributed by atoms with Crippen molar-refractivity contribution in [3.05, 3.63) is 34.1 Å². The second-order valence-corrected chi connectivity index (χ2v) is 4.60. The Hall–Kier alpha value is -0.980. The minimum Gasteiger partial charge on any atom is -0.465 e. The van der Waals surface area contributed by atoms with E-state index >= 15 is 0 Å². The highest BCUT2D eigenvalue weighted by Gasteiger charge is 2.41. The van der Waals surface area contributed by atoms with Crippen LogP contribution in [0.25, 0.3) is 0 Å². The van der Waals surface area contributed by atoms with Gasteiger partial charge in [-0.1, -0.05) is 6.07 Å². The van der Waals surface area contributed by atoms with Crippen molar-refractivity contribution in [2.45, 2.75) is 12.3 Å². The van der Waals surface area contributed by atoms with Crippen molar-refractivity contribution in [2.75, 3.05) is 19.8 Å². The molecular formula is C12H14BrFO4. The van der Waals surface area contributed by atoms with Gasteiger partial charge in [-0.05, 0) is 40.5 Å². The number of esters is 1. The Morgan fingerprint density at radius 1 is 1.44 bits per heavy atom. The topological polar surface area (TPSA) is 66.8 Å². The normalized spacial score (nSPS) is 11.4. The van der Waals surface area contributed by atoms with Crippen LogP contribution in [0.15, 0.2) is 22.7 Å². The lowest BCUT2D eigenvalue weighted by Crippen LogP contribution is -2.44. The first-order valence-corrected chi connectivity index (χ1v) is 6.15. The van der Waals surface area contributed by atoms with E-state index in [0.29, 0.717) is 0 Å². The molecule has 0 amide bonds. The Bertz CT molecular complexity index is 432. The average Bonchev–Trinajstić information content (AvgIpc) is 2.36. The van der Waals surface area contributed by atoms with E-state index in [1.165, 1.54) is 12.1 Å². The van der Waals surface area contributed by atoms with Gasteiger partial charge < -0.3 is 14.9 Å². The molecule has 0 saturated heterocycles. The molecule has 0 radical (unpaired) electrons. The van der Waals surface area contributed by atoms with Crippen molar-refractivity contribution in [1.29, 1.82) is 0 Å². The molecule has 2 N–H and O–H groups in total. The van der Waals surface area contributed by atoms with Crippen LogP contribution in [0.2, 0.25) is 0 Å². The number of aliphatic hydroxyl groups excluding tert-OH is 2. The summed E-state index contributed by atoms with van der Waals surface area (Å²) in [5.41, 5.74) is -1.47. The maximum atomic E-state index is 13.5. The summed E-state index contributed by atoms with van der Waals surface area (Å²) < 4.78 is 18.5. The standard InChI is InChI=1S/C12H14BrFO4/c1-2-18-11(17)12(6-15,7-16)8-3-4-9(13)10(14)5-8/h3-5,15-16H,2,6-7H2,1H3. The van der Waals surface area contributed by atoms with Gasteiger partial charge in [0.2, 0.25) is 0 Å². The van der Waals surface area contributed by atoms with Crippen LogP contribution in [0.4, 0.5) is 4.39 Å². The van der Waals surface area contributed by atoms with Crippen molar-refractivity contribution < 1.29 is 24.1 Å². The summed E-state index contributed by atoms with van der Waals surface area (Å²) in [4.78, 5) is 11.8. The highest BCUT2D eigenvalue weighted by Crippen LogP contribution is 2.28. The van der Waals surface area contributed by atoms with Gasteiger partial charge in [0.25, 0.3) is 0 Å². The number of carbonyl (C=O) groups is 1.